The Balaban J connectivity index is 1.93. The fourth-order valence-corrected chi connectivity index (χ4v) is 1.77. The van der Waals surface area contributed by atoms with Gasteiger partial charge in [-0.15, -0.1) is 0 Å². The molecule has 1 heterocycles. The molecule has 4 heteroatoms. The Kier molecular flexibility index (Phi) is 4.23. The van der Waals surface area contributed by atoms with E-state index in [1.165, 1.54) is 12.1 Å². The van der Waals surface area contributed by atoms with Gasteiger partial charge in [-0.1, -0.05) is 12.1 Å². The summed E-state index contributed by atoms with van der Waals surface area (Å²) < 4.78 is 12.8. The zero-order chi connectivity index (χ0) is 13.7. The van der Waals surface area contributed by atoms with E-state index in [0.717, 1.165) is 11.3 Å². The fraction of sp³-hybridized carbons (Fsp3) is 0.200. The summed E-state index contributed by atoms with van der Waals surface area (Å²) in [5.41, 5.74) is 1.72. The Hall–Kier alpha value is -2.23. The Morgan fingerprint density at radius 2 is 2.00 bits per heavy atom. The van der Waals surface area contributed by atoms with Crippen LogP contribution in [-0.4, -0.2) is 17.9 Å². The summed E-state index contributed by atoms with van der Waals surface area (Å²) in [5.74, 6) is -0.250. The van der Waals surface area contributed by atoms with Gasteiger partial charge in [-0.2, -0.15) is 0 Å². The Bertz CT molecular complexity index is 540. The number of aryl methyl sites for hydroxylation is 1. The highest BCUT2D eigenvalue weighted by Gasteiger charge is 2.10. The van der Waals surface area contributed by atoms with Gasteiger partial charge in [0.15, 0.2) is 0 Å². The van der Waals surface area contributed by atoms with E-state index in [2.05, 4.69) is 4.98 Å². The SMILES string of the molecule is CN(C(=O)CCc1ccc(F)cc1)c1cccnc1. The zero-order valence-electron chi connectivity index (χ0n) is 10.7. The van der Waals surface area contributed by atoms with E-state index < -0.39 is 0 Å². The smallest absolute Gasteiger partial charge is 0.227 e. The molecule has 2 aromatic rings. The van der Waals surface area contributed by atoms with Crippen molar-refractivity contribution in [3.05, 3.63) is 60.2 Å². The summed E-state index contributed by atoms with van der Waals surface area (Å²) in [7, 11) is 1.73. The fourth-order valence-electron chi connectivity index (χ4n) is 1.77. The second-order valence-electron chi connectivity index (χ2n) is 4.29. The van der Waals surface area contributed by atoms with Crippen LogP contribution in [0, 0.1) is 5.82 Å². The van der Waals surface area contributed by atoms with Gasteiger partial charge in [-0.3, -0.25) is 9.78 Å². The van der Waals surface area contributed by atoms with Crippen molar-refractivity contribution in [3.8, 4) is 0 Å². The van der Waals surface area contributed by atoms with Gasteiger partial charge in [-0.05, 0) is 36.2 Å². The van der Waals surface area contributed by atoms with Crippen LogP contribution in [0.4, 0.5) is 10.1 Å². The molecule has 0 fully saturated rings. The molecular formula is C15H15FN2O. The standard InChI is InChI=1S/C15H15FN2O/c1-18(14-3-2-10-17-11-14)15(19)9-6-12-4-7-13(16)8-5-12/h2-5,7-8,10-11H,6,9H2,1H3. The Morgan fingerprint density at radius 1 is 1.26 bits per heavy atom. The molecule has 1 amide bonds. The first-order valence-electron chi connectivity index (χ1n) is 6.08. The molecule has 0 saturated heterocycles. The van der Waals surface area contributed by atoms with Gasteiger partial charge in [-0.25, -0.2) is 4.39 Å². The van der Waals surface area contributed by atoms with Crippen LogP contribution in [0.25, 0.3) is 0 Å². The van der Waals surface area contributed by atoms with E-state index in [9.17, 15) is 9.18 Å². The first kappa shape index (κ1) is 13.2. The summed E-state index contributed by atoms with van der Waals surface area (Å²) in [6.45, 7) is 0. The normalized spacial score (nSPS) is 10.2. The Labute approximate surface area is 111 Å². The lowest BCUT2D eigenvalue weighted by Crippen LogP contribution is -2.26. The topological polar surface area (TPSA) is 33.2 Å². The third-order valence-electron chi connectivity index (χ3n) is 2.95. The number of nitrogens with zero attached hydrogens (tertiary/aromatic N) is 2. The summed E-state index contributed by atoms with van der Waals surface area (Å²) in [6.07, 6.45) is 4.30. The van der Waals surface area contributed by atoms with E-state index in [1.54, 1.807) is 42.5 Å². The summed E-state index contributed by atoms with van der Waals surface area (Å²) in [4.78, 5) is 17.6. The number of halogens is 1. The van der Waals surface area contributed by atoms with Gasteiger partial charge in [0.05, 0.1) is 11.9 Å². The van der Waals surface area contributed by atoms with Gasteiger partial charge in [0, 0.05) is 19.7 Å². The molecule has 0 N–H and O–H groups in total. The maximum absolute atomic E-state index is 12.8. The van der Waals surface area contributed by atoms with E-state index >= 15 is 0 Å². The van der Waals surface area contributed by atoms with Gasteiger partial charge in [0.2, 0.25) is 5.91 Å². The predicted molar refractivity (Wildman–Crippen MR) is 72.4 cm³/mol. The van der Waals surface area contributed by atoms with E-state index in [1.807, 2.05) is 6.07 Å². The van der Waals surface area contributed by atoms with E-state index in [0.29, 0.717) is 12.8 Å². The predicted octanol–water partition coefficient (Wildman–Crippen LogP) is 2.82. The van der Waals surface area contributed by atoms with Crippen molar-refractivity contribution in [3.63, 3.8) is 0 Å². The number of pyridine rings is 1. The number of amides is 1. The van der Waals surface area contributed by atoms with Crippen molar-refractivity contribution >= 4 is 11.6 Å². The highest BCUT2D eigenvalue weighted by atomic mass is 19.1. The number of benzene rings is 1. The molecule has 0 saturated carbocycles. The average Bonchev–Trinajstić information content (AvgIpc) is 2.46. The van der Waals surface area contributed by atoms with Crippen LogP contribution >= 0.6 is 0 Å². The van der Waals surface area contributed by atoms with Crippen molar-refractivity contribution in [1.29, 1.82) is 0 Å². The van der Waals surface area contributed by atoms with Crippen LogP contribution in [0.5, 0.6) is 0 Å². The van der Waals surface area contributed by atoms with Crippen LogP contribution in [0.15, 0.2) is 48.8 Å². The number of rotatable bonds is 4. The zero-order valence-corrected chi connectivity index (χ0v) is 10.7. The molecule has 1 aromatic carbocycles. The molecule has 0 aliphatic carbocycles. The summed E-state index contributed by atoms with van der Waals surface area (Å²) in [6, 6.07) is 9.84. The van der Waals surface area contributed by atoms with E-state index in [4.69, 9.17) is 0 Å². The van der Waals surface area contributed by atoms with Crippen molar-refractivity contribution < 1.29 is 9.18 Å². The van der Waals surface area contributed by atoms with Crippen molar-refractivity contribution in [1.82, 2.24) is 4.98 Å². The lowest BCUT2D eigenvalue weighted by atomic mass is 10.1. The first-order valence-corrected chi connectivity index (χ1v) is 6.08. The molecule has 19 heavy (non-hydrogen) atoms. The van der Waals surface area contributed by atoms with Crippen molar-refractivity contribution in [2.75, 3.05) is 11.9 Å². The number of carbonyl (C=O) groups excluding carboxylic acids is 1. The Morgan fingerprint density at radius 3 is 2.63 bits per heavy atom. The highest BCUT2D eigenvalue weighted by molar-refractivity contribution is 5.92. The van der Waals surface area contributed by atoms with Crippen LogP contribution in [0.3, 0.4) is 0 Å². The largest absolute Gasteiger partial charge is 0.314 e. The molecule has 98 valence electrons. The number of hydrogen-bond acceptors (Lipinski definition) is 2. The van der Waals surface area contributed by atoms with Crippen LogP contribution in [0.2, 0.25) is 0 Å². The molecule has 0 radical (unpaired) electrons. The van der Waals surface area contributed by atoms with Crippen molar-refractivity contribution in [2.24, 2.45) is 0 Å². The monoisotopic (exact) mass is 258 g/mol. The lowest BCUT2D eigenvalue weighted by Gasteiger charge is -2.16. The third-order valence-corrected chi connectivity index (χ3v) is 2.95. The van der Waals surface area contributed by atoms with Crippen LogP contribution < -0.4 is 4.90 Å². The van der Waals surface area contributed by atoms with Crippen LogP contribution in [0.1, 0.15) is 12.0 Å². The summed E-state index contributed by atoms with van der Waals surface area (Å²) >= 11 is 0. The molecule has 2 rings (SSSR count). The van der Waals surface area contributed by atoms with Crippen molar-refractivity contribution in [2.45, 2.75) is 12.8 Å². The van der Waals surface area contributed by atoms with Gasteiger partial charge in [0.25, 0.3) is 0 Å². The minimum Gasteiger partial charge on any atom is -0.314 e. The number of aromatic nitrogens is 1. The van der Waals surface area contributed by atoms with Crippen LogP contribution in [-0.2, 0) is 11.2 Å². The molecule has 0 spiro atoms. The molecule has 0 aliphatic heterocycles. The third kappa shape index (κ3) is 3.61. The van der Waals surface area contributed by atoms with Gasteiger partial charge in [0.1, 0.15) is 5.82 Å². The number of anilines is 1. The molecule has 1 aromatic heterocycles. The molecule has 0 atom stereocenters. The number of carbonyl (C=O) groups is 1. The number of hydrogen-bond donors (Lipinski definition) is 0. The quantitative estimate of drug-likeness (QED) is 0.845. The maximum atomic E-state index is 12.8. The highest BCUT2D eigenvalue weighted by Crippen LogP contribution is 2.12. The van der Waals surface area contributed by atoms with E-state index in [-0.39, 0.29) is 11.7 Å². The molecule has 0 bridgehead atoms. The van der Waals surface area contributed by atoms with Gasteiger partial charge >= 0.3 is 0 Å². The van der Waals surface area contributed by atoms with Gasteiger partial charge < -0.3 is 4.90 Å². The average molecular weight is 258 g/mol. The molecule has 0 aliphatic rings. The second kappa shape index (κ2) is 6.09. The lowest BCUT2D eigenvalue weighted by molar-refractivity contribution is -0.118. The minimum absolute atomic E-state index is 0.0114. The molecule has 3 nitrogen and oxygen atoms in total. The molecule has 0 unspecified atom stereocenters. The first-order chi connectivity index (χ1) is 9.16. The maximum Gasteiger partial charge on any atom is 0.227 e. The summed E-state index contributed by atoms with van der Waals surface area (Å²) in [5, 5.41) is 0. The minimum atomic E-state index is -0.262. The molecular weight excluding hydrogens is 243 g/mol. The second-order valence-corrected chi connectivity index (χ2v) is 4.29.